The number of fused-ring (bicyclic) bond motifs is 1. The number of carbonyl (C=O) groups excluding carboxylic acids is 1. The summed E-state index contributed by atoms with van der Waals surface area (Å²) in [6.45, 7) is 5.32. The SMILES string of the molecule is CCOC(=O)C1=C(C)N=c2s/c(=C\c3ccc(-c4ccc([N+](=O)[O-])cc4C)o3)c(=O)n2[C@H]1c1cc(OC)c(OC)cc1Br. The first-order valence-electron chi connectivity index (χ1n) is 13.0. The minimum absolute atomic E-state index is 0.0118. The number of nitro benzene ring substituents is 1. The van der Waals surface area contributed by atoms with Gasteiger partial charge in [0.25, 0.3) is 11.2 Å². The van der Waals surface area contributed by atoms with Gasteiger partial charge < -0.3 is 18.6 Å². The maximum atomic E-state index is 14.0. The van der Waals surface area contributed by atoms with Gasteiger partial charge in [0.05, 0.1) is 47.6 Å². The van der Waals surface area contributed by atoms with E-state index < -0.39 is 16.9 Å². The van der Waals surface area contributed by atoms with Crippen LogP contribution in [0.15, 0.2) is 72.4 Å². The van der Waals surface area contributed by atoms with Crippen molar-refractivity contribution in [1.29, 1.82) is 0 Å². The molecule has 11 nitrogen and oxygen atoms in total. The molecule has 3 heterocycles. The summed E-state index contributed by atoms with van der Waals surface area (Å²) in [5, 5.41) is 11.1. The van der Waals surface area contributed by atoms with E-state index in [2.05, 4.69) is 20.9 Å². The number of carbonyl (C=O) groups is 1. The lowest BCUT2D eigenvalue weighted by atomic mass is 9.95. The first kappa shape index (κ1) is 30.0. The van der Waals surface area contributed by atoms with E-state index in [9.17, 15) is 19.7 Å². The Bertz CT molecular complexity index is 1990. The fourth-order valence-electron chi connectivity index (χ4n) is 4.91. The van der Waals surface area contributed by atoms with Gasteiger partial charge in [-0.2, -0.15) is 0 Å². The van der Waals surface area contributed by atoms with E-state index in [0.717, 1.165) is 11.3 Å². The van der Waals surface area contributed by atoms with Crippen LogP contribution in [0.2, 0.25) is 0 Å². The molecule has 1 atom stereocenters. The van der Waals surface area contributed by atoms with Crippen molar-refractivity contribution in [2.24, 2.45) is 4.99 Å². The molecule has 0 aliphatic carbocycles. The number of furan rings is 1. The number of rotatable bonds is 8. The van der Waals surface area contributed by atoms with Gasteiger partial charge in [0.15, 0.2) is 16.3 Å². The van der Waals surface area contributed by atoms with Crippen molar-refractivity contribution in [3.8, 4) is 22.8 Å². The van der Waals surface area contributed by atoms with E-state index in [-0.39, 0.29) is 23.4 Å². The molecule has 0 saturated carbocycles. The number of hydrogen-bond donors (Lipinski definition) is 0. The number of benzene rings is 2. The summed E-state index contributed by atoms with van der Waals surface area (Å²) < 4.78 is 24.7. The van der Waals surface area contributed by atoms with Gasteiger partial charge in [-0.15, -0.1) is 0 Å². The van der Waals surface area contributed by atoms with Gasteiger partial charge in [0.1, 0.15) is 11.5 Å². The molecule has 2 aromatic heterocycles. The van der Waals surface area contributed by atoms with Crippen molar-refractivity contribution in [2.45, 2.75) is 26.8 Å². The monoisotopic (exact) mass is 667 g/mol. The molecule has 1 aliphatic heterocycles. The number of hydrogen-bond acceptors (Lipinski definition) is 10. The lowest BCUT2D eigenvalue weighted by molar-refractivity contribution is -0.384. The molecule has 0 fully saturated rings. The zero-order valence-electron chi connectivity index (χ0n) is 23.8. The lowest BCUT2D eigenvalue weighted by Gasteiger charge is -2.26. The molecule has 0 amide bonds. The van der Waals surface area contributed by atoms with Gasteiger partial charge in [-0.1, -0.05) is 27.3 Å². The van der Waals surface area contributed by atoms with E-state index >= 15 is 0 Å². The van der Waals surface area contributed by atoms with Crippen LogP contribution in [0.25, 0.3) is 17.4 Å². The molecular formula is C30H26BrN3O8S. The Kier molecular flexibility index (Phi) is 8.38. The maximum Gasteiger partial charge on any atom is 0.338 e. The fraction of sp³-hybridized carbons (Fsp3) is 0.233. The van der Waals surface area contributed by atoms with Gasteiger partial charge in [0, 0.05) is 28.2 Å². The molecule has 0 radical (unpaired) electrons. The lowest BCUT2D eigenvalue weighted by Crippen LogP contribution is -2.40. The number of nitrogens with zero attached hydrogens (tertiary/aromatic N) is 3. The number of esters is 1. The molecular weight excluding hydrogens is 642 g/mol. The van der Waals surface area contributed by atoms with Crippen molar-refractivity contribution >= 4 is 45.0 Å². The Morgan fingerprint density at radius 2 is 1.88 bits per heavy atom. The second-order valence-electron chi connectivity index (χ2n) is 9.49. The van der Waals surface area contributed by atoms with Gasteiger partial charge >= 0.3 is 5.97 Å². The van der Waals surface area contributed by atoms with Crippen LogP contribution in [-0.2, 0) is 9.53 Å². The summed E-state index contributed by atoms with van der Waals surface area (Å²) in [4.78, 5) is 42.9. The number of non-ortho nitro benzene ring substituents is 1. The first-order valence-corrected chi connectivity index (χ1v) is 14.6. The predicted octanol–water partition coefficient (Wildman–Crippen LogP) is 5.05. The molecule has 0 spiro atoms. The van der Waals surface area contributed by atoms with Crippen LogP contribution in [0, 0.1) is 17.0 Å². The Hall–Kier alpha value is -4.49. The van der Waals surface area contributed by atoms with Crippen LogP contribution in [0.4, 0.5) is 5.69 Å². The topological polar surface area (TPSA) is 135 Å². The van der Waals surface area contributed by atoms with E-state index in [1.165, 1.54) is 30.9 Å². The summed E-state index contributed by atoms with van der Waals surface area (Å²) in [6.07, 6.45) is 1.61. The number of nitro groups is 1. The second-order valence-corrected chi connectivity index (χ2v) is 11.4. The average Bonchev–Trinajstić information content (AvgIpc) is 3.56. The van der Waals surface area contributed by atoms with Crippen molar-refractivity contribution in [2.75, 3.05) is 20.8 Å². The molecule has 0 bridgehead atoms. The van der Waals surface area contributed by atoms with Crippen molar-refractivity contribution in [1.82, 2.24) is 4.57 Å². The van der Waals surface area contributed by atoms with Gasteiger partial charge in [-0.3, -0.25) is 19.5 Å². The summed E-state index contributed by atoms with van der Waals surface area (Å²) in [7, 11) is 3.02. The molecule has 4 aromatic rings. The third-order valence-corrected chi connectivity index (χ3v) is 8.57. The quantitative estimate of drug-likeness (QED) is 0.145. The standard InChI is InChI=1S/C30H26BrN3O8S/c1-6-41-29(36)26-16(3)32-30-33(27(26)20-13-23(39-4)24(40-5)14-21(20)31)28(35)25(43-30)12-18-8-10-22(42-18)19-9-7-17(34(37)38)11-15(19)2/h7-14,27H,6H2,1-5H3/b25-12-/t27-/m0/s1. The van der Waals surface area contributed by atoms with Crippen LogP contribution in [0.3, 0.4) is 0 Å². The van der Waals surface area contributed by atoms with Crippen molar-refractivity contribution < 1.29 is 28.3 Å². The minimum atomic E-state index is -0.874. The highest BCUT2D eigenvalue weighted by Crippen LogP contribution is 2.41. The van der Waals surface area contributed by atoms with E-state index in [1.54, 1.807) is 57.2 Å². The highest BCUT2D eigenvalue weighted by molar-refractivity contribution is 9.10. The summed E-state index contributed by atoms with van der Waals surface area (Å²) in [5.74, 6) is 1.21. The third-order valence-electron chi connectivity index (χ3n) is 6.90. The van der Waals surface area contributed by atoms with E-state index in [4.69, 9.17) is 18.6 Å². The molecule has 0 N–H and O–H groups in total. The number of allylic oxidation sites excluding steroid dienone is 1. The summed E-state index contributed by atoms with van der Waals surface area (Å²) >= 11 is 4.75. The van der Waals surface area contributed by atoms with Gasteiger partial charge in [0.2, 0.25) is 0 Å². The van der Waals surface area contributed by atoms with Gasteiger partial charge in [-0.05, 0) is 62.2 Å². The van der Waals surface area contributed by atoms with E-state index in [0.29, 0.717) is 59.2 Å². The van der Waals surface area contributed by atoms with Crippen LogP contribution < -0.4 is 24.4 Å². The molecule has 2 aromatic carbocycles. The molecule has 0 saturated heterocycles. The molecule has 1 aliphatic rings. The molecule has 0 unspecified atom stereocenters. The second kappa shape index (κ2) is 12.0. The predicted molar refractivity (Wildman–Crippen MR) is 163 cm³/mol. The van der Waals surface area contributed by atoms with Crippen LogP contribution in [0.1, 0.15) is 36.8 Å². The number of ether oxygens (including phenoxy) is 3. The number of thiazole rings is 1. The molecule has 5 rings (SSSR count). The van der Waals surface area contributed by atoms with Crippen LogP contribution in [0.5, 0.6) is 11.5 Å². The Labute approximate surface area is 257 Å². The van der Waals surface area contributed by atoms with Crippen LogP contribution >= 0.6 is 27.3 Å². The fourth-order valence-corrected chi connectivity index (χ4v) is 6.47. The van der Waals surface area contributed by atoms with Crippen molar-refractivity contribution in [3.63, 3.8) is 0 Å². The average molecular weight is 669 g/mol. The Balaban J connectivity index is 1.66. The zero-order valence-corrected chi connectivity index (χ0v) is 26.2. The largest absolute Gasteiger partial charge is 0.493 e. The normalized spacial score (nSPS) is 14.7. The first-order chi connectivity index (χ1) is 20.6. The highest BCUT2D eigenvalue weighted by atomic mass is 79.9. The number of halogens is 1. The molecule has 222 valence electrons. The Morgan fingerprint density at radius 3 is 2.53 bits per heavy atom. The maximum absolute atomic E-state index is 14.0. The smallest absolute Gasteiger partial charge is 0.338 e. The summed E-state index contributed by atoms with van der Waals surface area (Å²) in [6, 6.07) is 10.5. The number of aryl methyl sites for hydroxylation is 1. The zero-order chi connectivity index (χ0) is 31.0. The minimum Gasteiger partial charge on any atom is -0.493 e. The highest BCUT2D eigenvalue weighted by Gasteiger charge is 2.35. The van der Waals surface area contributed by atoms with Crippen molar-refractivity contribution in [3.05, 3.63) is 105 Å². The Morgan fingerprint density at radius 1 is 1.16 bits per heavy atom. The number of aromatic nitrogens is 1. The molecule has 43 heavy (non-hydrogen) atoms. The van der Waals surface area contributed by atoms with Gasteiger partial charge in [-0.25, -0.2) is 9.79 Å². The van der Waals surface area contributed by atoms with Crippen LogP contribution in [-0.4, -0.2) is 36.3 Å². The number of methoxy groups -OCH3 is 2. The summed E-state index contributed by atoms with van der Waals surface area (Å²) in [5.41, 5.74) is 2.21. The third kappa shape index (κ3) is 5.53. The molecule has 13 heteroatoms. The van der Waals surface area contributed by atoms with E-state index in [1.807, 2.05) is 0 Å².